The third kappa shape index (κ3) is 5.16. The van der Waals surface area contributed by atoms with Crippen LogP contribution < -0.4 is 10.6 Å². The quantitative estimate of drug-likeness (QED) is 0.607. The van der Waals surface area contributed by atoms with Gasteiger partial charge in [-0.2, -0.15) is 0 Å². The molecule has 2 N–H and O–H groups in total. The molecule has 0 atom stereocenters. The molecule has 7 nitrogen and oxygen atoms in total. The van der Waals surface area contributed by atoms with E-state index in [-0.39, 0.29) is 11.6 Å². The van der Waals surface area contributed by atoms with Crippen LogP contribution in [0, 0.1) is 0 Å². The fourth-order valence-electron chi connectivity index (χ4n) is 2.65. The Bertz CT molecular complexity index is 999. The molecule has 0 spiro atoms. The van der Waals surface area contributed by atoms with Crippen LogP contribution in [-0.2, 0) is 4.74 Å². The van der Waals surface area contributed by atoms with Crippen molar-refractivity contribution in [2.24, 2.45) is 0 Å². The van der Waals surface area contributed by atoms with Gasteiger partial charge in [0.15, 0.2) is 0 Å². The second-order valence-electron chi connectivity index (χ2n) is 6.71. The molecule has 2 aromatic carbocycles. The number of aromatic nitrogens is 2. The van der Waals surface area contributed by atoms with Crippen molar-refractivity contribution in [2.45, 2.75) is 19.8 Å². The van der Waals surface area contributed by atoms with E-state index < -0.39 is 5.97 Å². The van der Waals surface area contributed by atoms with Crippen LogP contribution in [-0.4, -0.2) is 29.0 Å². The summed E-state index contributed by atoms with van der Waals surface area (Å²) in [5.41, 5.74) is 3.29. The van der Waals surface area contributed by atoms with Crippen LogP contribution in [0.2, 0.25) is 0 Å². The Hall–Kier alpha value is -3.74. The van der Waals surface area contributed by atoms with Crippen LogP contribution >= 0.6 is 0 Å². The van der Waals surface area contributed by atoms with Crippen LogP contribution in [0.3, 0.4) is 0 Å². The highest BCUT2D eigenvalue weighted by Crippen LogP contribution is 2.20. The predicted octanol–water partition coefficient (Wildman–Crippen LogP) is 4.38. The summed E-state index contributed by atoms with van der Waals surface area (Å²) >= 11 is 0. The zero-order valence-corrected chi connectivity index (χ0v) is 16.5. The van der Waals surface area contributed by atoms with Crippen molar-refractivity contribution >= 4 is 29.1 Å². The zero-order chi connectivity index (χ0) is 20.8. The number of rotatable bonds is 6. The van der Waals surface area contributed by atoms with E-state index >= 15 is 0 Å². The fourth-order valence-corrected chi connectivity index (χ4v) is 2.65. The molecule has 0 aliphatic carbocycles. The first kappa shape index (κ1) is 20.0. The summed E-state index contributed by atoms with van der Waals surface area (Å²) in [6, 6.07) is 16.0. The Balaban J connectivity index is 1.68. The van der Waals surface area contributed by atoms with Crippen molar-refractivity contribution in [3.05, 3.63) is 77.7 Å². The van der Waals surface area contributed by atoms with Gasteiger partial charge in [0.2, 0.25) is 0 Å². The van der Waals surface area contributed by atoms with E-state index in [1.165, 1.54) is 19.0 Å². The third-order valence-corrected chi connectivity index (χ3v) is 4.31. The number of anilines is 3. The number of carbonyl (C=O) groups is 2. The number of methoxy groups -OCH3 is 1. The van der Waals surface area contributed by atoms with Gasteiger partial charge in [-0.15, -0.1) is 0 Å². The monoisotopic (exact) mass is 390 g/mol. The average molecular weight is 390 g/mol. The van der Waals surface area contributed by atoms with Crippen molar-refractivity contribution in [1.82, 2.24) is 9.97 Å². The second-order valence-corrected chi connectivity index (χ2v) is 6.71. The number of nitrogens with one attached hydrogen (secondary N) is 2. The predicted molar refractivity (Wildman–Crippen MR) is 112 cm³/mol. The van der Waals surface area contributed by atoms with Crippen LogP contribution in [0.25, 0.3) is 0 Å². The lowest BCUT2D eigenvalue weighted by molar-refractivity contribution is 0.0600. The topological polar surface area (TPSA) is 93.2 Å². The molecule has 0 saturated heterocycles. The zero-order valence-electron chi connectivity index (χ0n) is 16.5. The maximum absolute atomic E-state index is 12.5. The number of hydrogen-bond donors (Lipinski definition) is 2. The Labute approximate surface area is 169 Å². The van der Waals surface area contributed by atoms with Crippen LogP contribution in [0.5, 0.6) is 0 Å². The summed E-state index contributed by atoms with van der Waals surface area (Å²) in [7, 11) is 1.32. The first-order valence-corrected chi connectivity index (χ1v) is 9.15. The molecule has 1 heterocycles. The van der Waals surface area contributed by atoms with Crippen molar-refractivity contribution in [2.75, 3.05) is 17.7 Å². The maximum Gasteiger partial charge on any atom is 0.337 e. The summed E-state index contributed by atoms with van der Waals surface area (Å²) in [5, 5.41) is 5.92. The van der Waals surface area contributed by atoms with Gasteiger partial charge in [0.25, 0.3) is 5.91 Å². The molecule has 0 unspecified atom stereocenters. The standard InChI is InChI=1S/C22H22N4O3/c1-14(2)15-4-8-17(9-5-15)25-20-12-19(23-13-24-20)21(27)26-18-10-6-16(7-11-18)22(28)29-3/h4-14H,1-3H3,(H,26,27)(H,23,24,25). The Kier molecular flexibility index (Phi) is 6.19. The van der Waals surface area contributed by atoms with E-state index in [9.17, 15) is 9.59 Å². The number of carbonyl (C=O) groups excluding carboxylic acids is 2. The van der Waals surface area contributed by atoms with E-state index in [1.54, 1.807) is 30.3 Å². The second kappa shape index (κ2) is 8.97. The molecule has 0 radical (unpaired) electrons. The van der Waals surface area contributed by atoms with Crippen molar-refractivity contribution in [1.29, 1.82) is 0 Å². The van der Waals surface area contributed by atoms with Crippen molar-refractivity contribution in [3.63, 3.8) is 0 Å². The number of benzene rings is 2. The molecule has 3 aromatic rings. The number of nitrogens with zero attached hydrogens (tertiary/aromatic N) is 2. The highest BCUT2D eigenvalue weighted by atomic mass is 16.5. The normalized spacial score (nSPS) is 10.5. The van der Waals surface area contributed by atoms with E-state index in [4.69, 9.17) is 0 Å². The summed E-state index contributed by atoms with van der Waals surface area (Å²) in [6.07, 6.45) is 1.33. The van der Waals surface area contributed by atoms with Gasteiger partial charge in [-0.1, -0.05) is 26.0 Å². The molecule has 7 heteroatoms. The van der Waals surface area contributed by atoms with Gasteiger partial charge in [0, 0.05) is 17.4 Å². The van der Waals surface area contributed by atoms with Crippen molar-refractivity contribution < 1.29 is 14.3 Å². The highest BCUT2D eigenvalue weighted by Gasteiger charge is 2.11. The molecular weight excluding hydrogens is 368 g/mol. The summed E-state index contributed by atoms with van der Waals surface area (Å²) in [4.78, 5) is 32.2. The number of esters is 1. The van der Waals surface area contributed by atoms with Crippen LogP contribution in [0.1, 0.15) is 46.2 Å². The molecule has 0 aliphatic rings. The summed E-state index contributed by atoms with van der Waals surface area (Å²) in [6.45, 7) is 4.28. The van der Waals surface area contributed by atoms with Gasteiger partial charge in [-0.25, -0.2) is 14.8 Å². The molecule has 0 aliphatic heterocycles. The molecule has 0 bridgehead atoms. The molecule has 0 saturated carbocycles. The highest BCUT2D eigenvalue weighted by molar-refractivity contribution is 6.03. The van der Waals surface area contributed by atoms with E-state index in [1.807, 2.05) is 12.1 Å². The van der Waals surface area contributed by atoms with Crippen LogP contribution in [0.4, 0.5) is 17.2 Å². The smallest absolute Gasteiger partial charge is 0.337 e. The minimum absolute atomic E-state index is 0.221. The van der Waals surface area contributed by atoms with Gasteiger partial charge in [0.1, 0.15) is 17.8 Å². The van der Waals surface area contributed by atoms with Crippen molar-refractivity contribution in [3.8, 4) is 0 Å². The van der Waals surface area contributed by atoms with E-state index in [0.717, 1.165) is 5.69 Å². The lowest BCUT2D eigenvalue weighted by atomic mass is 10.0. The van der Waals surface area contributed by atoms with Crippen LogP contribution in [0.15, 0.2) is 60.9 Å². The number of amides is 1. The molecule has 1 aromatic heterocycles. The lowest BCUT2D eigenvalue weighted by Gasteiger charge is -2.10. The average Bonchev–Trinajstić information content (AvgIpc) is 2.74. The molecule has 29 heavy (non-hydrogen) atoms. The molecule has 1 amide bonds. The van der Waals surface area contributed by atoms with Gasteiger partial charge in [-0.05, 0) is 47.9 Å². The summed E-state index contributed by atoms with van der Waals surface area (Å²) < 4.78 is 4.66. The van der Waals surface area contributed by atoms with Gasteiger partial charge in [-0.3, -0.25) is 4.79 Å². The maximum atomic E-state index is 12.5. The van der Waals surface area contributed by atoms with E-state index in [2.05, 4.69) is 51.3 Å². The molecule has 3 rings (SSSR count). The first-order chi connectivity index (χ1) is 14.0. The Morgan fingerprint density at radius 2 is 1.59 bits per heavy atom. The SMILES string of the molecule is COC(=O)c1ccc(NC(=O)c2cc(Nc3ccc(C(C)C)cc3)ncn2)cc1. The molecule has 148 valence electrons. The van der Waals surface area contributed by atoms with Gasteiger partial charge < -0.3 is 15.4 Å². The minimum atomic E-state index is -0.434. The largest absolute Gasteiger partial charge is 0.465 e. The Morgan fingerprint density at radius 3 is 2.21 bits per heavy atom. The van der Waals surface area contributed by atoms with E-state index in [0.29, 0.717) is 23.0 Å². The first-order valence-electron chi connectivity index (χ1n) is 9.15. The molecular formula is C22H22N4O3. The third-order valence-electron chi connectivity index (χ3n) is 4.31. The minimum Gasteiger partial charge on any atom is -0.465 e. The molecule has 0 fully saturated rings. The number of ether oxygens (including phenoxy) is 1. The van der Waals surface area contributed by atoms with Gasteiger partial charge >= 0.3 is 5.97 Å². The lowest BCUT2D eigenvalue weighted by Crippen LogP contribution is -2.14. The number of hydrogen-bond acceptors (Lipinski definition) is 6. The Morgan fingerprint density at radius 1 is 0.931 bits per heavy atom. The summed E-state index contributed by atoms with van der Waals surface area (Å²) in [5.74, 6) is 0.163. The van der Waals surface area contributed by atoms with Gasteiger partial charge in [0.05, 0.1) is 12.7 Å². The fraction of sp³-hybridized carbons (Fsp3) is 0.182.